The number of hydrazone groups is 1. The van der Waals surface area contributed by atoms with Crippen LogP contribution in [0.25, 0.3) is 0 Å². The summed E-state index contributed by atoms with van der Waals surface area (Å²) >= 11 is 0.969. The van der Waals surface area contributed by atoms with Crippen LogP contribution in [0.1, 0.15) is 21.1 Å². The Balaban J connectivity index is 1.55. The average Bonchev–Trinajstić information content (AvgIpc) is 3.08. The summed E-state index contributed by atoms with van der Waals surface area (Å²) in [6, 6.07) is 4.39. The number of anilines is 1. The topological polar surface area (TPSA) is 175 Å². The molecule has 0 fully saturated rings. The second-order valence-corrected chi connectivity index (χ2v) is 6.27. The Bertz CT molecular complexity index is 1110. The Morgan fingerprint density at radius 3 is 2.71 bits per heavy atom. The van der Waals surface area contributed by atoms with Crippen LogP contribution in [0, 0.1) is 0 Å². The van der Waals surface area contributed by atoms with Crippen molar-refractivity contribution in [3.8, 4) is 0 Å². The van der Waals surface area contributed by atoms with Gasteiger partial charge in [-0.1, -0.05) is 11.3 Å². The molecule has 142 valence electrons. The van der Waals surface area contributed by atoms with Crippen molar-refractivity contribution in [3.63, 3.8) is 0 Å². The van der Waals surface area contributed by atoms with Crippen LogP contribution in [0.2, 0.25) is 0 Å². The van der Waals surface area contributed by atoms with Gasteiger partial charge in [-0.3, -0.25) is 29.7 Å². The Hall–Kier alpha value is -4.00. The highest BCUT2D eigenvalue weighted by atomic mass is 32.1. The normalized spacial score (nSPS) is 10.7. The van der Waals surface area contributed by atoms with E-state index in [4.69, 9.17) is 0 Å². The molecular weight excluding hydrogens is 388 g/mol. The summed E-state index contributed by atoms with van der Waals surface area (Å²) in [6.45, 7) is 0. The number of nitrogens with zero attached hydrogens (tertiary/aromatic N) is 4. The van der Waals surface area contributed by atoms with Crippen molar-refractivity contribution in [3.05, 3.63) is 67.7 Å². The fourth-order valence-electron chi connectivity index (χ4n) is 1.94. The first-order chi connectivity index (χ1) is 13.5. The third-order valence-corrected chi connectivity index (χ3v) is 3.95. The molecule has 0 saturated heterocycles. The third kappa shape index (κ3) is 5.25. The maximum absolute atomic E-state index is 12.0. The zero-order valence-corrected chi connectivity index (χ0v) is 14.8. The molecule has 28 heavy (non-hydrogen) atoms. The Morgan fingerprint density at radius 2 is 1.96 bits per heavy atom. The van der Waals surface area contributed by atoms with Gasteiger partial charge in [-0.2, -0.15) is 5.10 Å². The molecule has 3 aromatic rings. The molecule has 3 heterocycles. The van der Waals surface area contributed by atoms with Crippen molar-refractivity contribution in [2.45, 2.75) is 6.42 Å². The Labute approximate surface area is 159 Å². The largest absolute Gasteiger partial charge is 0.326 e. The van der Waals surface area contributed by atoms with Gasteiger partial charge < -0.3 is 4.98 Å². The maximum atomic E-state index is 12.0. The van der Waals surface area contributed by atoms with Crippen molar-refractivity contribution < 1.29 is 9.59 Å². The monoisotopic (exact) mass is 400 g/mol. The van der Waals surface area contributed by atoms with Gasteiger partial charge in [0, 0.05) is 18.5 Å². The smallest absolute Gasteiger partial charge is 0.303 e. The lowest BCUT2D eigenvalue weighted by atomic mass is 10.3. The molecule has 0 radical (unpaired) electrons. The highest BCUT2D eigenvalue weighted by molar-refractivity contribution is 7.15. The molecule has 4 N–H and O–H groups in total. The van der Waals surface area contributed by atoms with Crippen LogP contribution in [-0.2, 0) is 11.2 Å². The summed E-state index contributed by atoms with van der Waals surface area (Å²) in [6.07, 6.45) is 4.57. The summed E-state index contributed by atoms with van der Waals surface area (Å²) in [4.78, 5) is 54.3. The molecule has 0 bridgehead atoms. The van der Waals surface area contributed by atoms with Gasteiger partial charge in [-0.25, -0.2) is 10.2 Å². The Kier molecular flexibility index (Phi) is 5.76. The van der Waals surface area contributed by atoms with Crippen LogP contribution >= 0.6 is 11.3 Å². The summed E-state index contributed by atoms with van der Waals surface area (Å²) in [5.74, 6) is -1.16. The molecule has 13 heteroatoms. The number of pyridine rings is 1. The average molecular weight is 400 g/mol. The van der Waals surface area contributed by atoms with E-state index in [9.17, 15) is 19.2 Å². The number of amides is 2. The van der Waals surface area contributed by atoms with Gasteiger partial charge in [-0.05, 0) is 17.7 Å². The van der Waals surface area contributed by atoms with Crippen LogP contribution in [0.3, 0.4) is 0 Å². The molecule has 0 aromatic carbocycles. The second kappa shape index (κ2) is 8.59. The standard InChI is InChI=1S/C15H12N8O4S/c24-10-5-9(18-14(27)19-10)13(26)20-15-23-22-12(28-15)6-11(25)21-17-7-8-1-3-16-4-2-8/h1-5,7H,6H2,(H,21,25)(H,20,23,26)(H2,18,19,24,27). The van der Waals surface area contributed by atoms with Crippen LogP contribution in [0.4, 0.5) is 5.13 Å². The highest BCUT2D eigenvalue weighted by Crippen LogP contribution is 2.16. The van der Waals surface area contributed by atoms with E-state index in [0.717, 1.165) is 23.0 Å². The second-order valence-electron chi connectivity index (χ2n) is 5.21. The van der Waals surface area contributed by atoms with Gasteiger partial charge >= 0.3 is 5.69 Å². The van der Waals surface area contributed by atoms with Gasteiger partial charge in [0.2, 0.25) is 11.0 Å². The van der Waals surface area contributed by atoms with Crippen LogP contribution < -0.4 is 22.0 Å². The molecule has 12 nitrogen and oxygen atoms in total. The fourth-order valence-corrected chi connectivity index (χ4v) is 2.67. The number of nitrogens with one attached hydrogen (secondary N) is 4. The molecule has 0 aliphatic heterocycles. The summed E-state index contributed by atoms with van der Waals surface area (Å²) in [7, 11) is 0. The maximum Gasteiger partial charge on any atom is 0.326 e. The van der Waals surface area contributed by atoms with E-state index in [0.29, 0.717) is 5.01 Å². The molecular formula is C15H12N8O4S. The van der Waals surface area contributed by atoms with Gasteiger partial charge in [0.15, 0.2) is 0 Å². The summed E-state index contributed by atoms with van der Waals surface area (Å²) < 4.78 is 0. The van der Waals surface area contributed by atoms with E-state index in [1.165, 1.54) is 6.21 Å². The van der Waals surface area contributed by atoms with Crippen molar-refractivity contribution in [1.29, 1.82) is 0 Å². The first-order valence-electron chi connectivity index (χ1n) is 7.69. The molecule has 3 aromatic heterocycles. The zero-order valence-electron chi connectivity index (χ0n) is 14.0. The SMILES string of the molecule is O=C(Cc1nnc(NC(=O)c2cc(=O)[nH]c(=O)[nH]2)s1)NN=Cc1ccncc1. The predicted octanol–water partition coefficient (Wildman–Crippen LogP) is -0.745. The van der Waals surface area contributed by atoms with Crippen molar-refractivity contribution in [2.24, 2.45) is 5.10 Å². The molecule has 3 rings (SSSR count). The molecule has 2 amide bonds. The first kappa shape index (κ1) is 18.8. The number of carbonyl (C=O) groups is 2. The van der Waals surface area contributed by atoms with Crippen LogP contribution in [0.5, 0.6) is 0 Å². The van der Waals surface area contributed by atoms with Gasteiger partial charge in [0.25, 0.3) is 11.5 Å². The van der Waals surface area contributed by atoms with E-state index in [2.05, 4.69) is 36.0 Å². The van der Waals surface area contributed by atoms with Crippen LogP contribution in [-0.4, -0.2) is 43.2 Å². The summed E-state index contributed by atoms with van der Waals surface area (Å²) in [5, 5.41) is 14.2. The number of carbonyl (C=O) groups excluding carboxylic acids is 2. The molecule has 0 unspecified atom stereocenters. The molecule has 0 aliphatic rings. The quantitative estimate of drug-likeness (QED) is 0.311. The lowest BCUT2D eigenvalue weighted by Crippen LogP contribution is -2.27. The van der Waals surface area contributed by atoms with E-state index in [-0.39, 0.29) is 17.2 Å². The van der Waals surface area contributed by atoms with Gasteiger partial charge in [0.05, 0.1) is 12.6 Å². The van der Waals surface area contributed by atoms with Crippen LogP contribution in [0.15, 0.2) is 45.3 Å². The minimum Gasteiger partial charge on any atom is -0.303 e. The number of H-pyrrole nitrogens is 2. The van der Waals surface area contributed by atoms with Crippen molar-refractivity contribution >= 4 is 34.5 Å². The third-order valence-electron chi connectivity index (χ3n) is 3.11. The van der Waals surface area contributed by atoms with Gasteiger partial charge in [0.1, 0.15) is 10.7 Å². The van der Waals surface area contributed by atoms with Crippen molar-refractivity contribution in [2.75, 3.05) is 5.32 Å². The minimum absolute atomic E-state index is 0.0942. The molecule has 0 spiro atoms. The minimum atomic E-state index is -0.806. The highest BCUT2D eigenvalue weighted by Gasteiger charge is 2.13. The number of rotatable bonds is 6. The Morgan fingerprint density at radius 1 is 1.18 bits per heavy atom. The number of aromatic nitrogens is 5. The molecule has 0 aliphatic carbocycles. The van der Waals surface area contributed by atoms with E-state index in [1.807, 2.05) is 4.98 Å². The zero-order chi connectivity index (χ0) is 19.9. The summed E-state index contributed by atoms with van der Waals surface area (Å²) in [5.41, 5.74) is 1.38. The van der Waals surface area contributed by atoms with Crippen molar-refractivity contribution in [1.82, 2.24) is 30.6 Å². The van der Waals surface area contributed by atoms with Gasteiger partial charge in [-0.15, -0.1) is 10.2 Å². The predicted molar refractivity (Wildman–Crippen MR) is 99.2 cm³/mol. The number of hydrogen-bond acceptors (Lipinski definition) is 9. The van der Waals surface area contributed by atoms with E-state index in [1.54, 1.807) is 24.5 Å². The molecule has 0 atom stereocenters. The lowest BCUT2D eigenvalue weighted by Gasteiger charge is -1.99. The van der Waals surface area contributed by atoms with E-state index >= 15 is 0 Å². The first-order valence-corrected chi connectivity index (χ1v) is 8.50. The number of aromatic amines is 2. The fraction of sp³-hybridized carbons (Fsp3) is 0.0667. The lowest BCUT2D eigenvalue weighted by molar-refractivity contribution is -0.120. The van der Waals surface area contributed by atoms with E-state index < -0.39 is 23.1 Å². The molecule has 0 saturated carbocycles. The number of hydrogen-bond donors (Lipinski definition) is 4.